The van der Waals surface area contributed by atoms with E-state index in [0.717, 1.165) is 11.3 Å². The quantitative estimate of drug-likeness (QED) is 0.738. The monoisotopic (exact) mass is 308 g/mol. The highest BCUT2D eigenvalue weighted by molar-refractivity contribution is 5.35. The van der Waals surface area contributed by atoms with Crippen LogP contribution in [0.25, 0.3) is 0 Å². The third kappa shape index (κ3) is 4.17. The van der Waals surface area contributed by atoms with Gasteiger partial charge in [0.25, 0.3) is 0 Å². The van der Waals surface area contributed by atoms with E-state index in [2.05, 4.69) is 25.9 Å². The van der Waals surface area contributed by atoms with E-state index in [9.17, 15) is 4.91 Å². The molecule has 0 saturated carbocycles. The van der Waals surface area contributed by atoms with Gasteiger partial charge in [-0.3, -0.25) is 0 Å². The van der Waals surface area contributed by atoms with Gasteiger partial charge in [0.15, 0.2) is 0 Å². The van der Waals surface area contributed by atoms with Gasteiger partial charge in [-0.05, 0) is 33.9 Å². The summed E-state index contributed by atoms with van der Waals surface area (Å²) < 4.78 is 5.79. The number of nitriles is 1. The summed E-state index contributed by atoms with van der Waals surface area (Å²) >= 11 is 0. The van der Waals surface area contributed by atoms with Gasteiger partial charge in [-0.2, -0.15) is 5.26 Å². The van der Waals surface area contributed by atoms with Crippen LogP contribution in [0.3, 0.4) is 0 Å². The van der Waals surface area contributed by atoms with E-state index < -0.39 is 6.04 Å². The fourth-order valence-electron chi connectivity index (χ4n) is 2.29. The molecule has 0 spiro atoms. The Bertz CT molecular complexity index is 709. The number of hydrogen-bond acceptors (Lipinski definition) is 4. The van der Waals surface area contributed by atoms with E-state index >= 15 is 0 Å². The van der Waals surface area contributed by atoms with Crippen LogP contribution in [0.5, 0.6) is 5.75 Å². The number of rotatable bonds is 5. The third-order valence-corrected chi connectivity index (χ3v) is 3.69. The highest BCUT2D eigenvalue weighted by Crippen LogP contribution is 2.26. The maximum atomic E-state index is 10.8. The second-order valence-electron chi connectivity index (χ2n) is 6.40. The van der Waals surface area contributed by atoms with Gasteiger partial charge < -0.3 is 4.74 Å². The normalized spacial score (nSPS) is 12.3. The fourth-order valence-corrected chi connectivity index (χ4v) is 2.29. The average Bonchev–Trinajstić information content (AvgIpc) is 2.54. The first kappa shape index (κ1) is 16.7. The van der Waals surface area contributed by atoms with Crippen molar-refractivity contribution in [2.75, 3.05) is 0 Å². The molecule has 0 heterocycles. The summed E-state index contributed by atoms with van der Waals surface area (Å²) in [7, 11) is 0. The molecule has 1 atom stereocenters. The van der Waals surface area contributed by atoms with E-state index in [-0.39, 0.29) is 5.41 Å². The molecule has 23 heavy (non-hydrogen) atoms. The van der Waals surface area contributed by atoms with E-state index in [1.807, 2.05) is 42.5 Å². The Morgan fingerprint density at radius 2 is 1.78 bits per heavy atom. The molecule has 118 valence electrons. The molecule has 2 aromatic rings. The van der Waals surface area contributed by atoms with Crippen LogP contribution in [0.4, 0.5) is 0 Å². The summed E-state index contributed by atoms with van der Waals surface area (Å²) in [4.78, 5) is 10.8. The Kier molecular flexibility index (Phi) is 5.13. The SMILES string of the molecule is CC(C)(C)c1ccc(OCc2ccccc2C(C#N)N=O)cc1. The molecule has 2 aromatic carbocycles. The minimum absolute atomic E-state index is 0.0980. The first-order valence-corrected chi connectivity index (χ1v) is 7.49. The van der Waals surface area contributed by atoms with Crippen LogP contribution in [0, 0.1) is 16.2 Å². The Morgan fingerprint density at radius 3 is 2.35 bits per heavy atom. The minimum atomic E-state index is -1.00. The zero-order valence-corrected chi connectivity index (χ0v) is 13.6. The maximum Gasteiger partial charge on any atom is 0.203 e. The van der Waals surface area contributed by atoms with Gasteiger partial charge >= 0.3 is 0 Å². The number of ether oxygens (including phenoxy) is 1. The van der Waals surface area contributed by atoms with Crippen molar-refractivity contribution in [3.63, 3.8) is 0 Å². The smallest absolute Gasteiger partial charge is 0.203 e. The van der Waals surface area contributed by atoms with E-state index in [1.54, 1.807) is 12.1 Å². The largest absolute Gasteiger partial charge is 0.489 e. The van der Waals surface area contributed by atoms with Crippen molar-refractivity contribution >= 4 is 0 Å². The van der Waals surface area contributed by atoms with Gasteiger partial charge in [-0.25, -0.2) is 0 Å². The number of benzene rings is 2. The lowest BCUT2D eigenvalue weighted by Gasteiger charge is -2.19. The van der Waals surface area contributed by atoms with Crippen molar-refractivity contribution in [1.29, 1.82) is 5.26 Å². The Labute approximate surface area is 136 Å². The van der Waals surface area contributed by atoms with Gasteiger partial charge in [-0.1, -0.05) is 57.2 Å². The molecule has 0 aliphatic heterocycles. The van der Waals surface area contributed by atoms with Crippen molar-refractivity contribution in [2.45, 2.75) is 38.8 Å². The summed E-state index contributed by atoms with van der Waals surface area (Å²) in [5.41, 5.74) is 2.72. The zero-order valence-electron chi connectivity index (χ0n) is 13.6. The number of nitroso groups, excluding NO2 is 1. The molecule has 0 N–H and O–H groups in total. The minimum Gasteiger partial charge on any atom is -0.489 e. The van der Waals surface area contributed by atoms with E-state index in [1.165, 1.54) is 5.56 Å². The molecule has 4 nitrogen and oxygen atoms in total. The van der Waals surface area contributed by atoms with Gasteiger partial charge in [-0.15, -0.1) is 4.91 Å². The van der Waals surface area contributed by atoms with Crippen LogP contribution >= 0.6 is 0 Å². The zero-order chi connectivity index (χ0) is 16.9. The van der Waals surface area contributed by atoms with Gasteiger partial charge in [0.05, 0.1) is 6.07 Å². The Balaban J connectivity index is 2.13. The van der Waals surface area contributed by atoms with Gasteiger partial charge in [0, 0.05) is 5.56 Å². The molecule has 0 aromatic heterocycles. The Morgan fingerprint density at radius 1 is 1.13 bits per heavy atom. The standard InChI is InChI=1S/C19H20N2O2/c1-19(2,3)15-8-10-16(11-9-15)23-13-14-6-4-5-7-17(14)18(12-20)21-22/h4-11,18H,13H2,1-3H3. The lowest BCUT2D eigenvalue weighted by molar-refractivity contribution is 0.304. The molecule has 0 aliphatic carbocycles. The van der Waals surface area contributed by atoms with Crippen molar-refractivity contribution in [3.8, 4) is 11.8 Å². The van der Waals surface area contributed by atoms with Crippen molar-refractivity contribution in [3.05, 3.63) is 70.1 Å². The highest BCUT2D eigenvalue weighted by atomic mass is 16.5. The van der Waals surface area contributed by atoms with Crippen molar-refractivity contribution in [2.24, 2.45) is 5.18 Å². The second kappa shape index (κ2) is 7.06. The molecule has 0 fully saturated rings. The first-order chi connectivity index (χ1) is 11.0. The molecular weight excluding hydrogens is 288 g/mol. The van der Waals surface area contributed by atoms with Crippen molar-refractivity contribution < 1.29 is 4.74 Å². The summed E-state index contributed by atoms with van der Waals surface area (Å²) in [6.07, 6.45) is 0. The van der Waals surface area contributed by atoms with Crippen LogP contribution < -0.4 is 4.74 Å². The lowest BCUT2D eigenvalue weighted by atomic mass is 9.87. The highest BCUT2D eigenvalue weighted by Gasteiger charge is 2.15. The fraction of sp³-hybridized carbons (Fsp3) is 0.316. The predicted molar refractivity (Wildman–Crippen MR) is 90.1 cm³/mol. The van der Waals surface area contributed by atoms with Crippen molar-refractivity contribution in [1.82, 2.24) is 0 Å². The predicted octanol–water partition coefficient (Wildman–Crippen LogP) is 4.89. The van der Waals surface area contributed by atoms with E-state index in [0.29, 0.717) is 12.2 Å². The molecular formula is C19H20N2O2. The summed E-state index contributed by atoms with van der Waals surface area (Å²) in [5.74, 6) is 0.750. The number of nitrogens with zero attached hydrogens (tertiary/aromatic N) is 2. The topological polar surface area (TPSA) is 62.4 Å². The first-order valence-electron chi connectivity index (χ1n) is 7.49. The summed E-state index contributed by atoms with van der Waals surface area (Å²) in [6.45, 7) is 6.77. The molecule has 4 heteroatoms. The molecule has 0 bridgehead atoms. The van der Waals surface area contributed by atoms with E-state index in [4.69, 9.17) is 10.00 Å². The lowest BCUT2D eigenvalue weighted by Crippen LogP contribution is -2.10. The molecule has 0 amide bonds. The van der Waals surface area contributed by atoms with Gasteiger partial charge in [0.2, 0.25) is 6.04 Å². The molecule has 0 radical (unpaired) electrons. The molecule has 1 unspecified atom stereocenters. The molecule has 0 aliphatic rings. The Hall–Kier alpha value is -2.67. The van der Waals surface area contributed by atoms with Crippen LogP contribution in [-0.2, 0) is 12.0 Å². The number of hydrogen-bond donors (Lipinski definition) is 0. The second-order valence-corrected chi connectivity index (χ2v) is 6.40. The molecule has 0 saturated heterocycles. The molecule has 2 rings (SSSR count). The van der Waals surface area contributed by atoms with Crippen LogP contribution in [-0.4, -0.2) is 0 Å². The van der Waals surface area contributed by atoms with Crippen LogP contribution in [0.1, 0.15) is 43.5 Å². The third-order valence-electron chi connectivity index (χ3n) is 3.69. The maximum absolute atomic E-state index is 10.8. The summed E-state index contributed by atoms with van der Waals surface area (Å²) in [5, 5.41) is 11.9. The summed E-state index contributed by atoms with van der Waals surface area (Å²) in [6, 6.07) is 16.1. The average molecular weight is 308 g/mol. The van der Waals surface area contributed by atoms with Crippen LogP contribution in [0.2, 0.25) is 0 Å². The van der Waals surface area contributed by atoms with Crippen LogP contribution in [0.15, 0.2) is 53.7 Å². The van der Waals surface area contributed by atoms with Gasteiger partial charge in [0.1, 0.15) is 12.4 Å².